The maximum absolute atomic E-state index is 13.9. The monoisotopic (exact) mass is 434 g/mol. The number of halogens is 4. The van der Waals surface area contributed by atoms with Gasteiger partial charge in [0.1, 0.15) is 18.2 Å². The van der Waals surface area contributed by atoms with Gasteiger partial charge in [0.25, 0.3) is 0 Å². The van der Waals surface area contributed by atoms with Gasteiger partial charge in [0, 0.05) is 29.1 Å². The normalized spacial score (nSPS) is 15.6. The molecule has 5 nitrogen and oxygen atoms in total. The third kappa shape index (κ3) is 4.13. The fraction of sp³-hybridized carbons (Fsp3) is 0.227. The smallest absolute Gasteiger partial charge is 0.419 e. The lowest BCUT2D eigenvalue weighted by Crippen LogP contribution is -2.50. The molecule has 1 unspecified atom stereocenters. The predicted octanol–water partition coefficient (Wildman–Crippen LogP) is 4.24. The van der Waals surface area contributed by atoms with Crippen LogP contribution < -0.4 is 15.6 Å². The molecule has 4 rings (SSSR count). The first-order valence-electron chi connectivity index (χ1n) is 9.43. The standard InChI is InChI=1S/C22H18F4N2O3/c23-14-4-6-19-16(10-14)13(8-9-31-19)11-21(30,22(24,25)26)12-27-17-2-1-3-18-15(17)5-7-20(29)28-18/h1-8,10,27,30H,9,11-12H2,(H,28,29). The molecular weight excluding hydrogens is 416 g/mol. The van der Waals surface area contributed by atoms with E-state index in [0.717, 1.165) is 12.1 Å². The van der Waals surface area contributed by atoms with E-state index in [4.69, 9.17) is 4.74 Å². The number of aromatic nitrogens is 1. The Labute approximate surface area is 174 Å². The molecule has 3 N–H and O–H groups in total. The van der Waals surface area contributed by atoms with Crippen molar-refractivity contribution >= 4 is 22.2 Å². The quantitative estimate of drug-likeness (QED) is 0.526. The van der Waals surface area contributed by atoms with Gasteiger partial charge < -0.3 is 20.1 Å². The van der Waals surface area contributed by atoms with Crippen LogP contribution in [0.5, 0.6) is 5.75 Å². The Balaban J connectivity index is 1.64. The van der Waals surface area contributed by atoms with Crippen LogP contribution >= 0.6 is 0 Å². The fourth-order valence-corrected chi connectivity index (χ4v) is 3.55. The highest BCUT2D eigenvalue weighted by Crippen LogP contribution is 2.41. The van der Waals surface area contributed by atoms with E-state index in [0.29, 0.717) is 16.6 Å². The number of benzene rings is 2. The Morgan fingerprint density at radius 1 is 1.13 bits per heavy atom. The average Bonchev–Trinajstić information content (AvgIpc) is 2.71. The van der Waals surface area contributed by atoms with Crippen LogP contribution in [0.1, 0.15) is 12.0 Å². The van der Waals surface area contributed by atoms with Crippen molar-refractivity contribution in [1.82, 2.24) is 4.98 Å². The molecule has 0 saturated heterocycles. The van der Waals surface area contributed by atoms with Gasteiger partial charge in [-0.25, -0.2) is 4.39 Å². The topological polar surface area (TPSA) is 74.3 Å². The highest BCUT2D eigenvalue weighted by molar-refractivity contribution is 5.91. The van der Waals surface area contributed by atoms with Crippen molar-refractivity contribution in [1.29, 1.82) is 0 Å². The molecule has 2 heterocycles. The lowest BCUT2D eigenvalue weighted by atomic mass is 9.88. The molecule has 1 atom stereocenters. The highest BCUT2D eigenvalue weighted by Gasteiger charge is 2.54. The van der Waals surface area contributed by atoms with Gasteiger partial charge in [0.2, 0.25) is 5.56 Å². The molecule has 3 aromatic rings. The lowest BCUT2D eigenvalue weighted by molar-refractivity contribution is -0.252. The van der Waals surface area contributed by atoms with Gasteiger partial charge in [0.15, 0.2) is 5.60 Å². The van der Waals surface area contributed by atoms with Crippen molar-refractivity contribution in [3.8, 4) is 5.75 Å². The number of hydrogen-bond donors (Lipinski definition) is 3. The zero-order valence-corrected chi connectivity index (χ0v) is 16.1. The summed E-state index contributed by atoms with van der Waals surface area (Å²) in [5.41, 5.74) is -2.38. The molecule has 0 spiro atoms. The minimum atomic E-state index is -4.97. The third-order valence-corrected chi connectivity index (χ3v) is 5.20. The van der Waals surface area contributed by atoms with Crippen LogP contribution in [-0.4, -0.2) is 35.0 Å². The lowest BCUT2D eigenvalue weighted by Gasteiger charge is -2.33. The maximum Gasteiger partial charge on any atom is 0.419 e. The summed E-state index contributed by atoms with van der Waals surface area (Å²) < 4.78 is 60.8. The number of aromatic amines is 1. The summed E-state index contributed by atoms with van der Waals surface area (Å²) in [6, 6.07) is 11.1. The molecule has 31 heavy (non-hydrogen) atoms. The highest BCUT2D eigenvalue weighted by atomic mass is 19.4. The molecule has 9 heteroatoms. The maximum atomic E-state index is 13.9. The Morgan fingerprint density at radius 3 is 2.71 bits per heavy atom. The molecule has 1 aliphatic rings. The van der Waals surface area contributed by atoms with Crippen LogP contribution in [0, 0.1) is 5.82 Å². The van der Waals surface area contributed by atoms with Crippen LogP contribution in [0.15, 0.2) is 59.4 Å². The molecular formula is C22H18F4N2O3. The van der Waals surface area contributed by atoms with Crippen molar-refractivity contribution < 1.29 is 27.4 Å². The van der Waals surface area contributed by atoms with E-state index < -0.39 is 30.6 Å². The molecule has 1 aliphatic heterocycles. The van der Waals surface area contributed by atoms with E-state index in [2.05, 4.69) is 10.3 Å². The summed E-state index contributed by atoms with van der Waals surface area (Å²) in [6.07, 6.45) is -4.35. The number of anilines is 1. The van der Waals surface area contributed by atoms with E-state index in [9.17, 15) is 27.5 Å². The summed E-state index contributed by atoms with van der Waals surface area (Å²) in [5, 5.41) is 13.8. The second-order valence-electron chi connectivity index (χ2n) is 7.33. The van der Waals surface area contributed by atoms with E-state index in [1.807, 2.05) is 0 Å². The Morgan fingerprint density at radius 2 is 1.94 bits per heavy atom. The van der Waals surface area contributed by atoms with Crippen molar-refractivity contribution in [2.45, 2.75) is 18.2 Å². The van der Waals surface area contributed by atoms with Crippen LogP contribution in [-0.2, 0) is 0 Å². The van der Waals surface area contributed by atoms with Crippen LogP contribution in [0.2, 0.25) is 0 Å². The minimum Gasteiger partial charge on any atom is -0.489 e. The number of H-pyrrole nitrogens is 1. The Kier molecular flexibility index (Phi) is 5.22. The molecule has 162 valence electrons. The van der Waals surface area contributed by atoms with E-state index in [1.54, 1.807) is 18.2 Å². The van der Waals surface area contributed by atoms with Gasteiger partial charge in [-0.3, -0.25) is 4.79 Å². The summed E-state index contributed by atoms with van der Waals surface area (Å²) >= 11 is 0. The number of nitrogens with one attached hydrogen (secondary N) is 2. The molecule has 0 saturated carbocycles. The summed E-state index contributed by atoms with van der Waals surface area (Å²) in [7, 11) is 0. The predicted molar refractivity (Wildman–Crippen MR) is 109 cm³/mol. The van der Waals surface area contributed by atoms with Gasteiger partial charge in [-0.1, -0.05) is 6.07 Å². The van der Waals surface area contributed by atoms with Gasteiger partial charge in [-0.05, 0) is 48.0 Å². The molecule has 0 amide bonds. The number of aliphatic hydroxyl groups is 1. The molecule has 2 aromatic carbocycles. The SMILES string of the molecule is O=c1ccc2c(NCC(O)(CC3=CCOc4ccc(F)cc43)C(F)(F)F)cccc2[nH]1. The van der Waals surface area contributed by atoms with Crippen molar-refractivity contribution in [3.63, 3.8) is 0 Å². The third-order valence-electron chi connectivity index (χ3n) is 5.20. The first-order chi connectivity index (χ1) is 14.7. The molecule has 0 bridgehead atoms. The molecule has 1 aromatic heterocycles. The van der Waals surface area contributed by atoms with Crippen LogP contribution in [0.3, 0.4) is 0 Å². The van der Waals surface area contributed by atoms with Crippen molar-refractivity contribution in [2.24, 2.45) is 0 Å². The van der Waals surface area contributed by atoms with E-state index in [-0.39, 0.29) is 29.1 Å². The second kappa shape index (κ2) is 7.73. The van der Waals surface area contributed by atoms with E-state index in [1.165, 1.54) is 24.3 Å². The molecule has 0 fully saturated rings. The largest absolute Gasteiger partial charge is 0.489 e. The first kappa shape index (κ1) is 20.9. The van der Waals surface area contributed by atoms with E-state index >= 15 is 0 Å². The summed E-state index contributed by atoms with van der Waals surface area (Å²) in [6.45, 7) is -0.830. The first-order valence-corrected chi connectivity index (χ1v) is 9.43. The van der Waals surface area contributed by atoms with Gasteiger partial charge in [-0.15, -0.1) is 0 Å². The van der Waals surface area contributed by atoms with Gasteiger partial charge >= 0.3 is 6.18 Å². The zero-order chi connectivity index (χ0) is 22.2. The summed E-state index contributed by atoms with van der Waals surface area (Å²) in [5.74, 6) is -0.358. The minimum absolute atomic E-state index is 0.0199. The number of pyridine rings is 1. The number of fused-ring (bicyclic) bond motifs is 2. The number of hydrogen-bond acceptors (Lipinski definition) is 4. The van der Waals surface area contributed by atoms with Crippen LogP contribution in [0.25, 0.3) is 16.5 Å². The fourth-order valence-electron chi connectivity index (χ4n) is 3.55. The Bertz CT molecular complexity index is 1220. The number of alkyl halides is 3. The average molecular weight is 434 g/mol. The zero-order valence-electron chi connectivity index (χ0n) is 16.1. The van der Waals surface area contributed by atoms with Gasteiger partial charge in [0.05, 0.1) is 12.1 Å². The van der Waals surface area contributed by atoms with Crippen LogP contribution in [0.4, 0.5) is 23.2 Å². The molecule has 0 radical (unpaired) electrons. The summed E-state index contributed by atoms with van der Waals surface area (Å²) in [4.78, 5) is 14.1. The second-order valence-corrected chi connectivity index (χ2v) is 7.33. The van der Waals surface area contributed by atoms with Gasteiger partial charge in [-0.2, -0.15) is 13.2 Å². The number of ether oxygens (including phenoxy) is 1. The van der Waals surface area contributed by atoms with Crippen molar-refractivity contribution in [2.75, 3.05) is 18.5 Å². The van der Waals surface area contributed by atoms with Crippen molar-refractivity contribution in [3.05, 3.63) is 76.3 Å². The number of rotatable bonds is 5. The molecule has 0 aliphatic carbocycles. The Hall–Kier alpha value is -3.33.